The van der Waals surface area contributed by atoms with Gasteiger partial charge >= 0.3 is 5.97 Å². The number of carbonyl (C=O) groups is 4. The number of phenols is 1. The van der Waals surface area contributed by atoms with Crippen molar-refractivity contribution in [2.45, 2.75) is 63.7 Å². The molecule has 1 amide bonds. The molecule has 0 saturated heterocycles. The number of ether oxygens (including phenoxy) is 1. The lowest BCUT2D eigenvalue weighted by Gasteiger charge is -2.54. The number of ketones is 2. The molecule has 0 aliphatic heterocycles. The molecule has 0 unspecified atom stereocenters. The molecule has 1 saturated carbocycles. The summed E-state index contributed by atoms with van der Waals surface area (Å²) in [6.07, 6.45) is -1.41. The highest BCUT2D eigenvalue weighted by Crippen LogP contribution is 2.57. The predicted octanol–water partition coefficient (Wildman–Crippen LogP) is 1.36. The maximum atomic E-state index is 14.2. The third kappa shape index (κ3) is 3.78. The zero-order valence-corrected chi connectivity index (χ0v) is 22.9. The van der Waals surface area contributed by atoms with Gasteiger partial charge in [0.1, 0.15) is 28.9 Å². The van der Waals surface area contributed by atoms with E-state index >= 15 is 0 Å². The normalized spacial score (nSPS) is 30.6. The number of amides is 1. The van der Waals surface area contributed by atoms with Crippen LogP contribution in [0.4, 0.5) is 0 Å². The quantitative estimate of drug-likeness (QED) is 0.276. The summed E-state index contributed by atoms with van der Waals surface area (Å²) in [6.45, 7) is 8.40. The van der Waals surface area contributed by atoms with Crippen molar-refractivity contribution in [1.29, 1.82) is 0 Å². The molecule has 210 valence electrons. The highest BCUT2D eigenvalue weighted by molar-refractivity contribution is 6.24. The lowest BCUT2D eigenvalue weighted by Crippen LogP contribution is -2.71. The summed E-state index contributed by atoms with van der Waals surface area (Å²) in [5, 5.41) is 45.8. The molecule has 0 radical (unpaired) electrons. The Kier molecular flexibility index (Phi) is 6.48. The highest BCUT2D eigenvalue weighted by atomic mass is 16.5. The number of esters is 1. The lowest BCUT2D eigenvalue weighted by molar-refractivity contribution is -0.184. The summed E-state index contributed by atoms with van der Waals surface area (Å²) in [7, 11) is 2.93. The van der Waals surface area contributed by atoms with Crippen molar-refractivity contribution in [1.82, 2.24) is 4.90 Å². The number of carbonyl (C=O) groups excluding carboxylic acids is 4. The van der Waals surface area contributed by atoms with Gasteiger partial charge in [-0.1, -0.05) is 39.8 Å². The van der Waals surface area contributed by atoms with E-state index in [0.717, 1.165) is 6.92 Å². The monoisotopic (exact) mass is 542 g/mol. The SMILES string of the molecule is CC(=O)O[C@H]1[C@H]2C(=C(O)c3c(ccc(C(C)(C)C)c3O)[C@@H]2C)C(=O)[C@]2(O)C(O)=C(C(N)=O)C(=O)[C@@H](N(C)C)[C@H]12. The summed E-state index contributed by atoms with van der Waals surface area (Å²) in [5.74, 6) is -9.77. The molecule has 1 aromatic carbocycles. The van der Waals surface area contributed by atoms with E-state index in [1.54, 1.807) is 19.1 Å². The number of Topliss-reactive ketones (excluding diaryl/α,β-unsaturated/α-hetero) is 2. The van der Waals surface area contributed by atoms with Crippen LogP contribution in [-0.4, -0.2) is 80.6 Å². The third-order valence-corrected chi connectivity index (χ3v) is 8.21. The topological polar surface area (TPSA) is 188 Å². The van der Waals surface area contributed by atoms with Gasteiger partial charge in [-0.2, -0.15) is 0 Å². The molecular formula is C28H34N2O9. The number of hydrogen-bond acceptors (Lipinski definition) is 10. The van der Waals surface area contributed by atoms with E-state index in [1.807, 2.05) is 20.8 Å². The van der Waals surface area contributed by atoms with Gasteiger partial charge in [-0.3, -0.25) is 24.1 Å². The molecule has 0 heterocycles. The van der Waals surface area contributed by atoms with Gasteiger partial charge in [-0.15, -0.1) is 0 Å². The van der Waals surface area contributed by atoms with Crippen molar-refractivity contribution < 1.29 is 44.3 Å². The van der Waals surface area contributed by atoms with Crippen LogP contribution in [0.15, 0.2) is 29.0 Å². The molecule has 0 bridgehead atoms. The molecule has 0 spiro atoms. The fourth-order valence-electron chi connectivity index (χ4n) is 6.53. The van der Waals surface area contributed by atoms with Crippen LogP contribution < -0.4 is 5.73 Å². The number of nitrogens with two attached hydrogens (primary N) is 1. The summed E-state index contributed by atoms with van der Waals surface area (Å²) in [5.41, 5.74) is 1.46. The molecule has 3 aliphatic carbocycles. The maximum Gasteiger partial charge on any atom is 0.302 e. The van der Waals surface area contributed by atoms with Crippen LogP contribution in [0.3, 0.4) is 0 Å². The molecule has 11 nitrogen and oxygen atoms in total. The number of likely N-dealkylation sites (N-methyl/N-ethyl adjacent to an activating group) is 1. The van der Waals surface area contributed by atoms with E-state index in [9.17, 15) is 39.6 Å². The highest BCUT2D eigenvalue weighted by Gasteiger charge is 2.69. The average Bonchev–Trinajstić information content (AvgIpc) is 2.79. The number of aliphatic hydroxyl groups is 3. The van der Waals surface area contributed by atoms with Crippen molar-refractivity contribution in [3.63, 3.8) is 0 Å². The summed E-state index contributed by atoms with van der Waals surface area (Å²) in [6, 6.07) is 2.02. The third-order valence-electron chi connectivity index (χ3n) is 8.21. The number of benzene rings is 1. The molecule has 11 heteroatoms. The van der Waals surface area contributed by atoms with Gasteiger partial charge in [0.05, 0.1) is 17.5 Å². The summed E-state index contributed by atoms with van der Waals surface area (Å²) < 4.78 is 5.67. The van der Waals surface area contributed by atoms with E-state index in [-0.39, 0.29) is 11.3 Å². The fraction of sp³-hybridized carbons (Fsp3) is 0.500. The molecule has 6 N–H and O–H groups in total. The van der Waals surface area contributed by atoms with E-state index in [0.29, 0.717) is 11.1 Å². The lowest BCUT2D eigenvalue weighted by atomic mass is 9.54. The molecule has 1 aromatic rings. The first-order valence-corrected chi connectivity index (χ1v) is 12.6. The van der Waals surface area contributed by atoms with Gasteiger partial charge in [0.15, 0.2) is 11.4 Å². The Balaban J connectivity index is 2.13. The second-order valence-corrected chi connectivity index (χ2v) is 11.8. The zero-order valence-electron chi connectivity index (χ0n) is 22.9. The summed E-state index contributed by atoms with van der Waals surface area (Å²) in [4.78, 5) is 53.5. The second kappa shape index (κ2) is 8.92. The molecule has 6 atom stereocenters. The zero-order chi connectivity index (χ0) is 29.5. The minimum absolute atomic E-state index is 0.0206. The Hall–Kier alpha value is -3.70. The average molecular weight is 543 g/mol. The van der Waals surface area contributed by atoms with Crippen LogP contribution in [0.1, 0.15) is 57.2 Å². The molecule has 39 heavy (non-hydrogen) atoms. The minimum Gasteiger partial charge on any atom is -0.508 e. The number of rotatable bonds is 3. The molecule has 4 rings (SSSR count). The molecule has 1 fully saturated rings. The first kappa shape index (κ1) is 28.3. The molecule has 3 aliphatic rings. The van der Waals surface area contributed by atoms with E-state index in [2.05, 4.69) is 0 Å². The van der Waals surface area contributed by atoms with Crippen LogP contribution in [0, 0.1) is 11.8 Å². The Bertz CT molecular complexity index is 1380. The second-order valence-electron chi connectivity index (χ2n) is 11.8. The standard InChI is InChI=1S/C28H34N2O9/c1-10-12-8-9-13(27(3,4)5)20(32)15(12)21(33)16-14(10)23(39-11(2)31)18-19(30(6)7)22(34)17(26(29)37)25(36)28(18,38)24(16)35/h8-10,14,18-19,23,32-33,36,38H,1-7H3,(H2,29,37)/t10-,14+,18+,19-,23-,28-/m0/s1. The van der Waals surface area contributed by atoms with Gasteiger partial charge in [-0.05, 0) is 31.0 Å². The smallest absolute Gasteiger partial charge is 0.302 e. The number of nitrogens with zero attached hydrogens (tertiary/aromatic N) is 1. The maximum absolute atomic E-state index is 14.2. The number of primary amides is 1. The number of phenolic OH excluding ortho intramolecular Hbond substituents is 1. The molecular weight excluding hydrogens is 508 g/mol. The van der Waals surface area contributed by atoms with Gasteiger partial charge in [0.2, 0.25) is 5.78 Å². The molecule has 0 aromatic heterocycles. The Morgan fingerprint density at radius 2 is 1.69 bits per heavy atom. The van der Waals surface area contributed by atoms with Crippen LogP contribution in [0.2, 0.25) is 0 Å². The largest absolute Gasteiger partial charge is 0.508 e. The Morgan fingerprint density at radius 3 is 2.18 bits per heavy atom. The van der Waals surface area contributed by atoms with Gasteiger partial charge in [0.25, 0.3) is 5.91 Å². The minimum atomic E-state index is -2.96. The van der Waals surface area contributed by atoms with Crippen molar-refractivity contribution in [3.05, 3.63) is 45.7 Å². The predicted molar refractivity (Wildman–Crippen MR) is 139 cm³/mol. The summed E-state index contributed by atoms with van der Waals surface area (Å²) >= 11 is 0. The van der Waals surface area contributed by atoms with Gasteiger partial charge in [0, 0.05) is 24.0 Å². The van der Waals surface area contributed by atoms with Crippen LogP contribution in [-0.2, 0) is 29.3 Å². The van der Waals surface area contributed by atoms with E-state index in [1.165, 1.54) is 19.0 Å². The van der Waals surface area contributed by atoms with E-state index < -0.39 is 87.0 Å². The van der Waals surface area contributed by atoms with Gasteiger partial charge in [-0.25, -0.2) is 0 Å². The number of aliphatic hydroxyl groups excluding tert-OH is 2. The number of aromatic hydroxyl groups is 1. The van der Waals surface area contributed by atoms with Crippen LogP contribution in [0.5, 0.6) is 5.75 Å². The van der Waals surface area contributed by atoms with Crippen molar-refractivity contribution >= 4 is 29.2 Å². The van der Waals surface area contributed by atoms with Crippen LogP contribution in [0.25, 0.3) is 5.76 Å². The Labute approximate surface area is 225 Å². The van der Waals surface area contributed by atoms with Crippen molar-refractivity contribution in [2.24, 2.45) is 17.6 Å². The van der Waals surface area contributed by atoms with Crippen molar-refractivity contribution in [2.75, 3.05) is 14.1 Å². The van der Waals surface area contributed by atoms with Crippen molar-refractivity contribution in [3.8, 4) is 5.75 Å². The van der Waals surface area contributed by atoms with Crippen LogP contribution >= 0.6 is 0 Å². The fourth-order valence-corrected chi connectivity index (χ4v) is 6.53. The van der Waals surface area contributed by atoms with Gasteiger partial charge < -0.3 is 30.9 Å². The first-order valence-electron chi connectivity index (χ1n) is 12.6. The Morgan fingerprint density at radius 1 is 1.10 bits per heavy atom. The number of hydrogen-bond donors (Lipinski definition) is 5. The number of fused-ring (bicyclic) bond motifs is 3. The first-order chi connectivity index (χ1) is 17.9. The van der Waals surface area contributed by atoms with E-state index in [4.69, 9.17) is 10.5 Å².